The average molecular weight is 222 g/mol. The second-order valence-electron chi connectivity index (χ2n) is 3.81. The van der Waals surface area contributed by atoms with Crippen molar-refractivity contribution in [3.8, 4) is 0 Å². The molecule has 1 aromatic rings. The highest BCUT2D eigenvalue weighted by Crippen LogP contribution is 2.07. The minimum Gasteiger partial charge on any atom is -0.370 e. The fraction of sp³-hybridized carbons (Fsp3) is 0.455. The molecule has 0 spiro atoms. The molecule has 1 rings (SSSR count). The largest absolute Gasteiger partial charge is 0.370 e. The molecule has 0 aliphatic heterocycles. The number of carbonyl (C=O) groups excluding carboxylic acids is 1. The van der Waals surface area contributed by atoms with Gasteiger partial charge in [0.05, 0.1) is 0 Å². The Balaban J connectivity index is 2.35. The Labute approximate surface area is 95.7 Å². The van der Waals surface area contributed by atoms with E-state index in [9.17, 15) is 4.79 Å². The topological polar surface area (TPSA) is 71.2 Å². The van der Waals surface area contributed by atoms with Crippen molar-refractivity contribution in [3.05, 3.63) is 23.9 Å². The number of primary amides is 1. The molecular formula is C11H18N4O. The van der Waals surface area contributed by atoms with Crippen LogP contribution in [0.15, 0.2) is 18.3 Å². The van der Waals surface area contributed by atoms with Gasteiger partial charge in [0.15, 0.2) is 0 Å². The second kappa shape index (κ2) is 6.07. The van der Waals surface area contributed by atoms with Gasteiger partial charge in [-0.25, -0.2) is 4.98 Å². The Kier molecular flexibility index (Phi) is 4.72. The normalized spacial score (nSPS) is 10.1. The lowest BCUT2D eigenvalue weighted by Crippen LogP contribution is -2.21. The lowest BCUT2D eigenvalue weighted by molar-refractivity contribution is -0.117. The minimum atomic E-state index is -0.284. The molecule has 88 valence electrons. The zero-order chi connectivity index (χ0) is 12.0. The number of nitrogens with zero attached hydrogens (tertiary/aromatic N) is 2. The maximum atomic E-state index is 10.5. The molecule has 0 fully saturated rings. The van der Waals surface area contributed by atoms with E-state index in [1.165, 1.54) is 0 Å². The van der Waals surface area contributed by atoms with Crippen LogP contribution in [0.2, 0.25) is 0 Å². The fourth-order valence-corrected chi connectivity index (χ4v) is 1.23. The highest BCUT2D eigenvalue weighted by atomic mass is 16.1. The van der Waals surface area contributed by atoms with Crippen LogP contribution < -0.4 is 16.0 Å². The van der Waals surface area contributed by atoms with Crippen LogP contribution >= 0.6 is 0 Å². The number of amides is 1. The Morgan fingerprint density at radius 3 is 2.75 bits per heavy atom. The predicted molar refractivity (Wildman–Crippen MR) is 64.1 cm³/mol. The number of hydrogen-bond acceptors (Lipinski definition) is 4. The summed E-state index contributed by atoms with van der Waals surface area (Å²) >= 11 is 0. The Hall–Kier alpha value is -1.62. The standard InChI is InChI=1S/C11H18N4O/c1-15(2)11-4-3-9(8-14-11)7-13-6-5-10(12)16/h3-4,8,13H,5-7H2,1-2H3,(H2,12,16). The fourth-order valence-electron chi connectivity index (χ4n) is 1.23. The van der Waals surface area contributed by atoms with Gasteiger partial charge in [-0.15, -0.1) is 0 Å². The molecule has 1 amide bonds. The van der Waals surface area contributed by atoms with E-state index in [0.29, 0.717) is 19.5 Å². The van der Waals surface area contributed by atoms with E-state index >= 15 is 0 Å². The van der Waals surface area contributed by atoms with Crippen LogP contribution in [0.25, 0.3) is 0 Å². The first-order valence-electron chi connectivity index (χ1n) is 5.21. The summed E-state index contributed by atoms with van der Waals surface area (Å²) in [7, 11) is 3.90. The van der Waals surface area contributed by atoms with E-state index in [1.807, 2.05) is 37.3 Å². The minimum absolute atomic E-state index is 0.284. The molecule has 16 heavy (non-hydrogen) atoms. The lowest BCUT2D eigenvalue weighted by atomic mass is 10.2. The maximum Gasteiger partial charge on any atom is 0.218 e. The van der Waals surface area contributed by atoms with Crippen LogP contribution in [-0.4, -0.2) is 31.5 Å². The zero-order valence-corrected chi connectivity index (χ0v) is 9.73. The van der Waals surface area contributed by atoms with Gasteiger partial charge in [0, 0.05) is 39.8 Å². The van der Waals surface area contributed by atoms with Crippen molar-refractivity contribution in [1.82, 2.24) is 10.3 Å². The van der Waals surface area contributed by atoms with Gasteiger partial charge < -0.3 is 16.0 Å². The molecule has 1 aromatic heterocycles. The van der Waals surface area contributed by atoms with Gasteiger partial charge in [-0.1, -0.05) is 6.07 Å². The molecule has 3 N–H and O–H groups in total. The molecular weight excluding hydrogens is 204 g/mol. The van der Waals surface area contributed by atoms with Crippen molar-refractivity contribution >= 4 is 11.7 Å². The SMILES string of the molecule is CN(C)c1ccc(CNCCC(N)=O)cn1. The number of nitrogens with one attached hydrogen (secondary N) is 1. The van der Waals surface area contributed by atoms with Crippen LogP contribution in [-0.2, 0) is 11.3 Å². The highest BCUT2D eigenvalue weighted by molar-refractivity contribution is 5.73. The van der Waals surface area contributed by atoms with E-state index in [2.05, 4.69) is 10.3 Å². The van der Waals surface area contributed by atoms with Crippen molar-refractivity contribution in [2.45, 2.75) is 13.0 Å². The predicted octanol–water partition coefficient (Wildman–Crippen LogP) is 0.113. The molecule has 0 radical (unpaired) electrons. The van der Waals surface area contributed by atoms with Gasteiger partial charge >= 0.3 is 0 Å². The van der Waals surface area contributed by atoms with E-state index < -0.39 is 0 Å². The smallest absolute Gasteiger partial charge is 0.218 e. The first-order chi connectivity index (χ1) is 7.59. The summed E-state index contributed by atoms with van der Waals surface area (Å²) in [5.41, 5.74) is 6.12. The molecule has 0 unspecified atom stereocenters. The van der Waals surface area contributed by atoms with Crippen molar-refractivity contribution < 1.29 is 4.79 Å². The van der Waals surface area contributed by atoms with Gasteiger partial charge in [0.2, 0.25) is 5.91 Å². The first-order valence-corrected chi connectivity index (χ1v) is 5.21. The van der Waals surface area contributed by atoms with Crippen LogP contribution in [0.4, 0.5) is 5.82 Å². The maximum absolute atomic E-state index is 10.5. The number of carbonyl (C=O) groups is 1. The molecule has 0 bridgehead atoms. The Bertz CT molecular complexity index is 334. The van der Waals surface area contributed by atoms with Crippen molar-refractivity contribution in [2.24, 2.45) is 5.73 Å². The summed E-state index contributed by atoms with van der Waals surface area (Å²) < 4.78 is 0. The third kappa shape index (κ3) is 4.27. The van der Waals surface area contributed by atoms with Gasteiger partial charge in [-0.2, -0.15) is 0 Å². The quantitative estimate of drug-likeness (QED) is 0.670. The number of aromatic nitrogens is 1. The summed E-state index contributed by atoms with van der Waals surface area (Å²) in [6, 6.07) is 3.98. The summed E-state index contributed by atoms with van der Waals surface area (Å²) in [6.45, 7) is 1.30. The Morgan fingerprint density at radius 1 is 1.50 bits per heavy atom. The van der Waals surface area contributed by atoms with E-state index in [-0.39, 0.29) is 5.91 Å². The second-order valence-corrected chi connectivity index (χ2v) is 3.81. The van der Waals surface area contributed by atoms with Crippen LogP contribution in [0.1, 0.15) is 12.0 Å². The van der Waals surface area contributed by atoms with Crippen molar-refractivity contribution in [1.29, 1.82) is 0 Å². The highest BCUT2D eigenvalue weighted by Gasteiger charge is 1.98. The number of rotatable bonds is 6. The average Bonchev–Trinajstić information content (AvgIpc) is 2.25. The molecule has 0 aliphatic rings. The van der Waals surface area contributed by atoms with E-state index in [1.54, 1.807) is 0 Å². The molecule has 1 heterocycles. The Morgan fingerprint density at radius 2 is 2.25 bits per heavy atom. The first kappa shape index (κ1) is 12.4. The van der Waals surface area contributed by atoms with Gasteiger partial charge in [-0.05, 0) is 11.6 Å². The summed E-state index contributed by atoms with van der Waals surface area (Å²) in [5, 5.41) is 3.13. The molecule has 0 atom stereocenters. The lowest BCUT2D eigenvalue weighted by Gasteiger charge is -2.11. The molecule has 0 aromatic carbocycles. The van der Waals surface area contributed by atoms with Crippen LogP contribution in [0.5, 0.6) is 0 Å². The van der Waals surface area contributed by atoms with Crippen molar-refractivity contribution in [3.63, 3.8) is 0 Å². The van der Waals surface area contributed by atoms with E-state index in [4.69, 9.17) is 5.73 Å². The van der Waals surface area contributed by atoms with Crippen LogP contribution in [0, 0.1) is 0 Å². The molecule has 5 heteroatoms. The number of hydrogen-bond donors (Lipinski definition) is 2. The monoisotopic (exact) mass is 222 g/mol. The third-order valence-electron chi connectivity index (χ3n) is 2.14. The number of pyridine rings is 1. The van der Waals surface area contributed by atoms with E-state index in [0.717, 1.165) is 11.4 Å². The van der Waals surface area contributed by atoms with Crippen LogP contribution in [0.3, 0.4) is 0 Å². The summed E-state index contributed by atoms with van der Waals surface area (Å²) in [4.78, 5) is 16.7. The summed E-state index contributed by atoms with van der Waals surface area (Å²) in [5.74, 6) is 0.648. The van der Waals surface area contributed by atoms with Gasteiger partial charge in [0.1, 0.15) is 5.82 Å². The number of nitrogens with two attached hydrogens (primary N) is 1. The zero-order valence-electron chi connectivity index (χ0n) is 9.73. The third-order valence-corrected chi connectivity index (χ3v) is 2.14. The van der Waals surface area contributed by atoms with Crippen molar-refractivity contribution in [2.75, 3.05) is 25.5 Å². The molecule has 5 nitrogen and oxygen atoms in total. The molecule has 0 saturated carbocycles. The summed E-state index contributed by atoms with van der Waals surface area (Å²) in [6.07, 6.45) is 2.19. The molecule has 0 aliphatic carbocycles. The van der Waals surface area contributed by atoms with Gasteiger partial charge in [-0.3, -0.25) is 4.79 Å². The molecule has 0 saturated heterocycles. The van der Waals surface area contributed by atoms with Gasteiger partial charge in [0.25, 0.3) is 0 Å². The number of anilines is 1.